The zero-order chi connectivity index (χ0) is 10.6. The van der Waals surface area contributed by atoms with Crippen molar-refractivity contribution in [3.63, 3.8) is 0 Å². The third kappa shape index (κ3) is 3.93. The highest BCUT2D eigenvalue weighted by molar-refractivity contribution is 5.86. The molecule has 1 aliphatic rings. The monoisotopic (exact) mass is 193 g/mol. The Labute approximate surface area is 86.5 Å². The van der Waals surface area contributed by atoms with Crippen LogP contribution in [0.4, 0.5) is 0 Å². The van der Waals surface area contributed by atoms with Crippen LogP contribution in [0, 0.1) is 17.3 Å². The minimum Gasteiger partial charge on any atom is -0.307 e. The molecule has 0 amide bonds. The van der Waals surface area contributed by atoms with Crippen molar-refractivity contribution in [2.45, 2.75) is 46.1 Å². The topological polar surface area (TPSA) is 29.1 Å². The molecule has 0 aromatic carbocycles. The van der Waals surface area contributed by atoms with E-state index in [-0.39, 0.29) is 17.2 Å². The first kappa shape index (κ1) is 11.3. The number of carbonyl (C=O) groups is 1. The first-order valence-electron chi connectivity index (χ1n) is 5.25. The fourth-order valence-electron chi connectivity index (χ4n) is 1.48. The van der Waals surface area contributed by atoms with Crippen molar-refractivity contribution < 1.29 is 4.79 Å². The van der Waals surface area contributed by atoms with Gasteiger partial charge in [0.25, 0.3) is 0 Å². The van der Waals surface area contributed by atoms with E-state index in [0.717, 1.165) is 19.4 Å². The largest absolute Gasteiger partial charge is 0.307 e. The van der Waals surface area contributed by atoms with Crippen molar-refractivity contribution in [1.29, 1.82) is 0 Å². The highest BCUT2D eigenvalue weighted by atomic mass is 16.1. The molecule has 1 unspecified atom stereocenters. The number of carbonyl (C=O) groups excluding carboxylic acids is 1. The summed E-state index contributed by atoms with van der Waals surface area (Å²) in [5, 5.41) is 3.19. The van der Waals surface area contributed by atoms with Gasteiger partial charge in [-0.3, -0.25) is 4.79 Å². The van der Waals surface area contributed by atoms with Crippen LogP contribution in [0.25, 0.3) is 0 Å². The van der Waals surface area contributed by atoms with Gasteiger partial charge in [-0.2, -0.15) is 0 Å². The molecule has 0 bridgehead atoms. The maximum Gasteiger partial charge on any atom is 0.161 e. The van der Waals surface area contributed by atoms with Crippen LogP contribution in [0.2, 0.25) is 0 Å². The molecule has 1 saturated heterocycles. The zero-order valence-corrected chi connectivity index (χ0v) is 9.31. The predicted octanol–water partition coefficient (Wildman–Crippen LogP) is 1.75. The summed E-state index contributed by atoms with van der Waals surface area (Å²) in [4.78, 5) is 11.6. The minimum atomic E-state index is 0.00336. The van der Waals surface area contributed by atoms with E-state index in [0.29, 0.717) is 6.42 Å². The highest BCUT2D eigenvalue weighted by Crippen LogP contribution is 2.11. The van der Waals surface area contributed by atoms with Crippen molar-refractivity contribution in [1.82, 2.24) is 5.32 Å². The number of rotatable bonds is 2. The molecule has 1 atom stereocenters. The van der Waals surface area contributed by atoms with Crippen LogP contribution in [0.15, 0.2) is 0 Å². The second kappa shape index (κ2) is 4.61. The van der Waals surface area contributed by atoms with Crippen LogP contribution >= 0.6 is 0 Å². The lowest BCUT2D eigenvalue weighted by atomic mass is 9.97. The van der Waals surface area contributed by atoms with Crippen molar-refractivity contribution in [3.05, 3.63) is 0 Å². The van der Waals surface area contributed by atoms with Crippen LogP contribution in [-0.2, 0) is 4.79 Å². The summed E-state index contributed by atoms with van der Waals surface area (Å²) in [5.41, 5.74) is 0.00336. The molecule has 0 aliphatic carbocycles. The molecule has 0 aromatic rings. The van der Waals surface area contributed by atoms with E-state index in [1.807, 2.05) is 0 Å². The smallest absolute Gasteiger partial charge is 0.161 e. The Morgan fingerprint density at radius 2 is 2.21 bits per heavy atom. The first-order chi connectivity index (χ1) is 6.49. The van der Waals surface area contributed by atoms with Gasteiger partial charge in [0, 0.05) is 5.41 Å². The summed E-state index contributed by atoms with van der Waals surface area (Å²) in [6.07, 6.45) is 2.49. The van der Waals surface area contributed by atoms with Gasteiger partial charge in [0.15, 0.2) is 5.78 Å². The van der Waals surface area contributed by atoms with Gasteiger partial charge in [0.1, 0.15) is 0 Å². The van der Waals surface area contributed by atoms with Crippen LogP contribution in [0.5, 0.6) is 0 Å². The predicted molar refractivity (Wildman–Crippen MR) is 57.9 cm³/mol. The van der Waals surface area contributed by atoms with Crippen LogP contribution < -0.4 is 5.32 Å². The normalized spacial score (nSPS) is 21.5. The molecule has 1 rings (SSSR count). The van der Waals surface area contributed by atoms with Gasteiger partial charge in [0.2, 0.25) is 0 Å². The standard InChI is InChI=1S/C12H19NO/c1-12(2,3)8-4-7-11(14)10-6-5-9-13-10/h10,13H,5-7,9H2,1-3H3. The van der Waals surface area contributed by atoms with E-state index in [9.17, 15) is 4.79 Å². The second-order valence-corrected chi connectivity index (χ2v) is 4.84. The Balaban J connectivity index is 2.36. The SMILES string of the molecule is CC(C)(C)C#CCC(=O)C1CCCN1. The van der Waals surface area contributed by atoms with Gasteiger partial charge in [0.05, 0.1) is 12.5 Å². The first-order valence-corrected chi connectivity index (χ1v) is 5.25. The Bertz CT molecular complexity index is 258. The maximum atomic E-state index is 11.6. The third-order valence-corrected chi connectivity index (χ3v) is 2.17. The van der Waals surface area contributed by atoms with Crippen LogP contribution in [0.1, 0.15) is 40.0 Å². The van der Waals surface area contributed by atoms with E-state index >= 15 is 0 Å². The lowest BCUT2D eigenvalue weighted by Crippen LogP contribution is -2.30. The molecule has 1 heterocycles. The lowest BCUT2D eigenvalue weighted by molar-refractivity contribution is -0.119. The average Bonchev–Trinajstić information content (AvgIpc) is 2.53. The van der Waals surface area contributed by atoms with Crippen LogP contribution in [0.3, 0.4) is 0 Å². The quantitative estimate of drug-likeness (QED) is 0.677. The highest BCUT2D eigenvalue weighted by Gasteiger charge is 2.20. The number of nitrogens with one attached hydrogen (secondary N) is 1. The number of ketones is 1. The summed E-state index contributed by atoms with van der Waals surface area (Å²) in [7, 11) is 0. The van der Waals surface area contributed by atoms with Crippen molar-refractivity contribution in [2.24, 2.45) is 5.41 Å². The summed E-state index contributed by atoms with van der Waals surface area (Å²) in [6, 6.07) is 0.0734. The molecule has 2 heteroatoms. The molecule has 1 fully saturated rings. The summed E-state index contributed by atoms with van der Waals surface area (Å²) in [6.45, 7) is 7.14. The number of hydrogen-bond acceptors (Lipinski definition) is 2. The van der Waals surface area contributed by atoms with Gasteiger partial charge in [-0.15, -0.1) is 0 Å². The van der Waals surface area contributed by atoms with E-state index in [4.69, 9.17) is 0 Å². The van der Waals surface area contributed by atoms with Gasteiger partial charge < -0.3 is 5.32 Å². The van der Waals surface area contributed by atoms with Gasteiger partial charge in [-0.1, -0.05) is 11.8 Å². The molecule has 2 nitrogen and oxygen atoms in total. The fourth-order valence-corrected chi connectivity index (χ4v) is 1.48. The summed E-state index contributed by atoms with van der Waals surface area (Å²) < 4.78 is 0. The van der Waals surface area contributed by atoms with E-state index in [1.165, 1.54) is 0 Å². The third-order valence-electron chi connectivity index (χ3n) is 2.17. The molecular weight excluding hydrogens is 174 g/mol. The average molecular weight is 193 g/mol. The molecule has 1 N–H and O–H groups in total. The molecule has 0 saturated carbocycles. The van der Waals surface area contributed by atoms with Crippen molar-refractivity contribution >= 4 is 5.78 Å². The van der Waals surface area contributed by atoms with Crippen LogP contribution in [-0.4, -0.2) is 18.4 Å². The van der Waals surface area contributed by atoms with Gasteiger partial charge in [-0.25, -0.2) is 0 Å². The lowest BCUT2D eigenvalue weighted by Gasteiger charge is -2.08. The number of hydrogen-bond donors (Lipinski definition) is 1. The zero-order valence-electron chi connectivity index (χ0n) is 9.31. The van der Waals surface area contributed by atoms with Gasteiger partial charge in [-0.05, 0) is 40.2 Å². The van der Waals surface area contributed by atoms with Crippen molar-refractivity contribution in [3.8, 4) is 11.8 Å². The molecule has 0 aromatic heterocycles. The molecule has 0 radical (unpaired) electrons. The Hall–Kier alpha value is -0.810. The molecule has 14 heavy (non-hydrogen) atoms. The van der Waals surface area contributed by atoms with E-state index in [1.54, 1.807) is 0 Å². The van der Waals surface area contributed by atoms with E-state index in [2.05, 4.69) is 37.9 Å². The second-order valence-electron chi connectivity index (χ2n) is 4.84. The molecule has 0 spiro atoms. The maximum absolute atomic E-state index is 11.6. The Kier molecular flexibility index (Phi) is 3.71. The van der Waals surface area contributed by atoms with Crippen molar-refractivity contribution in [2.75, 3.05) is 6.54 Å². The fraction of sp³-hybridized carbons (Fsp3) is 0.750. The molecule has 78 valence electrons. The van der Waals surface area contributed by atoms with Gasteiger partial charge >= 0.3 is 0 Å². The summed E-state index contributed by atoms with van der Waals surface area (Å²) in [5.74, 6) is 6.29. The Morgan fingerprint density at radius 3 is 2.71 bits per heavy atom. The molecular formula is C12H19NO. The number of Topliss-reactive ketones (excluding diaryl/α,β-unsaturated/α-hetero) is 1. The Morgan fingerprint density at radius 1 is 1.50 bits per heavy atom. The minimum absolute atomic E-state index is 0.00336. The molecule has 1 aliphatic heterocycles. The summed E-state index contributed by atoms with van der Waals surface area (Å²) >= 11 is 0. The van der Waals surface area contributed by atoms with E-state index < -0.39 is 0 Å².